The summed E-state index contributed by atoms with van der Waals surface area (Å²) in [5.41, 5.74) is 1.83. The number of aliphatic hydroxyl groups is 1. The third-order valence-corrected chi connectivity index (χ3v) is 4.52. The van der Waals surface area contributed by atoms with Crippen LogP contribution in [0.4, 0.5) is 0 Å². The summed E-state index contributed by atoms with van der Waals surface area (Å²) >= 11 is 0. The summed E-state index contributed by atoms with van der Waals surface area (Å²) in [6.07, 6.45) is 0.182. The van der Waals surface area contributed by atoms with Gasteiger partial charge in [-0.3, -0.25) is 4.79 Å². The smallest absolute Gasteiger partial charge is 0.224 e. The first kappa shape index (κ1) is 18.9. The maximum absolute atomic E-state index is 12.1. The number of aliphatic hydroxyl groups excluding tert-OH is 1. The zero-order valence-corrected chi connectivity index (χ0v) is 15.5. The first-order valence-corrected chi connectivity index (χ1v) is 9.31. The molecule has 0 saturated carbocycles. The van der Waals surface area contributed by atoms with Crippen molar-refractivity contribution >= 4 is 16.7 Å². The van der Waals surface area contributed by atoms with Gasteiger partial charge in [-0.1, -0.05) is 54.6 Å². The van der Waals surface area contributed by atoms with Crippen LogP contribution in [0.15, 0.2) is 66.7 Å². The molecule has 0 aliphatic heterocycles. The van der Waals surface area contributed by atoms with Crippen molar-refractivity contribution in [3.05, 3.63) is 77.9 Å². The molecule has 1 amide bonds. The van der Waals surface area contributed by atoms with Crippen LogP contribution in [-0.2, 0) is 11.2 Å². The molecule has 0 heterocycles. The number of carbonyl (C=O) groups is 1. The molecule has 0 aliphatic carbocycles. The quantitative estimate of drug-likeness (QED) is 0.635. The van der Waals surface area contributed by atoms with E-state index in [1.54, 1.807) is 0 Å². The van der Waals surface area contributed by atoms with E-state index in [-0.39, 0.29) is 5.91 Å². The van der Waals surface area contributed by atoms with Gasteiger partial charge in [0.15, 0.2) is 0 Å². The highest BCUT2D eigenvalue weighted by Crippen LogP contribution is 2.25. The van der Waals surface area contributed by atoms with Crippen molar-refractivity contribution in [3.63, 3.8) is 0 Å². The minimum atomic E-state index is -0.609. The lowest BCUT2D eigenvalue weighted by Gasteiger charge is -2.14. The molecule has 3 aromatic rings. The van der Waals surface area contributed by atoms with Crippen molar-refractivity contribution in [3.8, 4) is 5.75 Å². The largest absolute Gasteiger partial charge is 0.494 e. The number of ether oxygens (including phenoxy) is 1. The number of hydrogen-bond donors (Lipinski definition) is 2. The van der Waals surface area contributed by atoms with E-state index < -0.39 is 6.10 Å². The first-order chi connectivity index (χ1) is 13.2. The SMILES string of the molecule is CCOc1ccc(CC(=O)NCCC(O)c2cccc3ccccc23)cc1. The molecule has 0 aromatic heterocycles. The molecule has 4 heteroatoms. The number of amides is 1. The van der Waals surface area contributed by atoms with Gasteiger partial charge in [0, 0.05) is 6.54 Å². The molecule has 2 N–H and O–H groups in total. The monoisotopic (exact) mass is 363 g/mol. The fourth-order valence-electron chi connectivity index (χ4n) is 3.16. The average molecular weight is 363 g/mol. The molecule has 4 nitrogen and oxygen atoms in total. The lowest BCUT2D eigenvalue weighted by molar-refractivity contribution is -0.120. The number of rotatable bonds is 8. The zero-order valence-electron chi connectivity index (χ0n) is 15.5. The summed E-state index contributed by atoms with van der Waals surface area (Å²) in [6.45, 7) is 2.99. The Morgan fingerprint density at radius 1 is 1.04 bits per heavy atom. The topological polar surface area (TPSA) is 58.6 Å². The predicted octanol–water partition coefficient (Wildman–Crippen LogP) is 4.02. The number of benzene rings is 3. The Kier molecular flexibility index (Phi) is 6.44. The van der Waals surface area contributed by atoms with Gasteiger partial charge in [0.1, 0.15) is 5.75 Å². The summed E-state index contributed by atoms with van der Waals surface area (Å²) < 4.78 is 5.40. The molecule has 0 saturated heterocycles. The average Bonchev–Trinajstić information content (AvgIpc) is 2.69. The van der Waals surface area contributed by atoms with Gasteiger partial charge in [-0.15, -0.1) is 0 Å². The van der Waals surface area contributed by atoms with Crippen molar-refractivity contribution in [1.82, 2.24) is 5.32 Å². The molecule has 140 valence electrons. The van der Waals surface area contributed by atoms with E-state index in [4.69, 9.17) is 4.74 Å². The standard InChI is InChI=1S/C23H25NO3/c1-2-27-19-12-10-17(11-13-19)16-23(26)24-15-14-22(25)21-9-5-7-18-6-3-4-8-20(18)21/h3-13,22,25H,2,14-16H2,1H3,(H,24,26). The lowest BCUT2D eigenvalue weighted by atomic mass is 9.99. The van der Waals surface area contributed by atoms with E-state index in [0.717, 1.165) is 27.6 Å². The summed E-state index contributed by atoms with van der Waals surface area (Å²) in [5.74, 6) is 0.754. The van der Waals surface area contributed by atoms with E-state index in [0.29, 0.717) is 26.0 Å². The number of carbonyl (C=O) groups excluding carboxylic acids is 1. The molecule has 0 aliphatic rings. The molecular weight excluding hydrogens is 338 g/mol. The molecule has 1 unspecified atom stereocenters. The molecule has 0 radical (unpaired) electrons. The molecular formula is C23H25NO3. The van der Waals surface area contributed by atoms with E-state index in [2.05, 4.69) is 5.32 Å². The van der Waals surface area contributed by atoms with Crippen molar-refractivity contribution in [1.29, 1.82) is 0 Å². The van der Waals surface area contributed by atoms with Gasteiger partial charge in [0.05, 0.1) is 19.1 Å². The van der Waals surface area contributed by atoms with Gasteiger partial charge in [-0.25, -0.2) is 0 Å². The lowest BCUT2D eigenvalue weighted by Crippen LogP contribution is -2.27. The fraction of sp³-hybridized carbons (Fsp3) is 0.261. The van der Waals surface area contributed by atoms with Gasteiger partial charge in [-0.2, -0.15) is 0 Å². The van der Waals surface area contributed by atoms with Gasteiger partial charge in [0.2, 0.25) is 5.91 Å². The van der Waals surface area contributed by atoms with Crippen LogP contribution in [0.1, 0.15) is 30.6 Å². The van der Waals surface area contributed by atoms with Crippen molar-refractivity contribution < 1.29 is 14.6 Å². The second-order valence-corrected chi connectivity index (χ2v) is 6.48. The second-order valence-electron chi connectivity index (χ2n) is 6.48. The van der Waals surface area contributed by atoms with E-state index in [1.807, 2.05) is 73.7 Å². The molecule has 0 bridgehead atoms. The summed E-state index contributed by atoms with van der Waals surface area (Å²) in [4.78, 5) is 12.1. The minimum Gasteiger partial charge on any atom is -0.494 e. The van der Waals surface area contributed by atoms with Gasteiger partial charge < -0.3 is 15.2 Å². The highest BCUT2D eigenvalue weighted by atomic mass is 16.5. The van der Waals surface area contributed by atoms with Crippen molar-refractivity contribution in [2.45, 2.75) is 25.9 Å². The summed E-state index contributed by atoms with van der Waals surface area (Å²) in [5, 5.41) is 15.6. The molecule has 0 fully saturated rings. The van der Waals surface area contributed by atoms with Crippen LogP contribution in [0.25, 0.3) is 10.8 Å². The van der Waals surface area contributed by atoms with Gasteiger partial charge >= 0.3 is 0 Å². The molecule has 3 rings (SSSR count). The number of hydrogen-bond acceptors (Lipinski definition) is 3. The van der Waals surface area contributed by atoms with Crippen LogP contribution < -0.4 is 10.1 Å². The highest BCUT2D eigenvalue weighted by Gasteiger charge is 2.11. The number of nitrogens with one attached hydrogen (secondary N) is 1. The van der Waals surface area contributed by atoms with Crippen LogP contribution in [-0.4, -0.2) is 24.2 Å². The van der Waals surface area contributed by atoms with Crippen LogP contribution in [0, 0.1) is 0 Å². The third-order valence-electron chi connectivity index (χ3n) is 4.52. The molecule has 27 heavy (non-hydrogen) atoms. The number of fused-ring (bicyclic) bond motifs is 1. The Hall–Kier alpha value is -2.85. The van der Waals surface area contributed by atoms with E-state index >= 15 is 0 Å². The maximum atomic E-state index is 12.1. The van der Waals surface area contributed by atoms with Crippen LogP contribution in [0.5, 0.6) is 5.75 Å². The fourth-order valence-corrected chi connectivity index (χ4v) is 3.16. The maximum Gasteiger partial charge on any atom is 0.224 e. The van der Waals surface area contributed by atoms with Gasteiger partial charge in [-0.05, 0) is 47.4 Å². The molecule has 1 atom stereocenters. The first-order valence-electron chi connectivity index (χ1n) is 9.31. The van der Waals surface area contributed by atoms with Crippen LogP contribution in [0.3, 0.4) is 0 Å². The Morgan fingerprint density at radius 2 is 1.78 bits per heavy atom. The highest BCUT2D eigenvalue weighted by molar-refractivity contribution is 5.86. The molecule has 0 spiro atoms. The third kappa shape index (κ3) is 5.08. The summed E-state index contributed by atoms with van der Waals surface area (Å²) in [7, 11) is 0. The van der Waals surface area contributed by atoms with Gasteiger partial charge in [0.25, 0.3) is 0 Å². The Labute approximate surface area is 159 Å². The Balaban J connectivity index is 1.50. The normalized spacial score (nSPS) is 11.9. The zero-order chi connectivity index (χ0) is 19.1. The summed E-state index contributed by atoms with van der Waals surface area (Å²) in [6, 6.07) is 21.5. The van der Waals surface area contributed by atoms with E-state index in [9.17, 15) is 9.90 Å². The van der Waals surface area contributed by atoms with Crippen molar-refractivity contribution in [2.75, 3.05) is 13.2 Å². The van der Waals surface area contributed by atoms with Crippen LogP contribution in [0.2, 0.25) is 0 Å². The molecule has 3 aromatic carbocycles. The van der Waals surface area contributed by atoms with E-state index in [1.165, 1.54) is 0 Å². The second kappa shape index (κ2) is 9.19. The minimum absolute atomic E-state index is 0.0516. The van der Waals surface area contributed by atoms with Crippen molar-refractivity contribution in [2.24, 2.45) is 0 Å². The Morgan fingerprint density at radius 3 is 2.56 bits per heavy atom. The van der Waals surface area contributed by atoms with Crippen LogP contribution >= 0.6 is 0 Å². The Bertz CT molecular complexity index is 884. The predicted molar refractivity (Wildman–Crippen MR) is 108 cm³/mol.